The van der Waals surface area contributed by atoms with E-state index in [4.69, 9.17) is 0 Å². The van der Waals surface area contributed by atoms with Crippen LogP contribution in [0, 0.1) is 15.9 Å². The van der Waals surface area contributed by atoms with E-state index in [1.807, 2.05) is 0 Å². The van der Waals surface area contributed by atoms with E-state index < -0.39 is 27.7 Å². The molecule has 0 amide bonds. The average Bonchev–Trinajstić information content (AvgIpc) is 2.07. The molecular formula is C7H2BrClF3NO3. The summed E-state index contributed by atoms with van der Waals surface area (Å²) in [5.41, 5.74) is -5.02. The Morgan fingerprint density at radius 1 is 1.50 bits per heavy atom. The summed E-state index contributed by atoms with van der Waals surface area (Å²) in [5.74, 6) is -1.81. The number of nitrogens with zero attached hydrogens (tertiary/aromatic N) is 1. The molecule has 0 saturated heterocycles. The zero-order chi connectivity index (χ0) is 12.5. The molecule has 0 bridgehead atoms. The third-order valence-corrected chi connectivity index (χ3v) is 2.12. The van der Waals surface area contributed by atoms with Crippen LogP contribution in [0.5, 0.6) is 5.75 Å². The van der Waals surface area contributed by atoms with Gasteiger partial charge in [0.1, 0.15) is 5.75 Å². The number of ether oxygens (including phenoxy) is 1. The van der Waals surface area contributed by atoms with Crippen LogP contribution in [-0.4, -0.2) is 10.5 Å². The molecule has 4 nitrogen and oxygen atoms in total. The molecule has 0 aliphatic carbocycles. The molecule has 88 valence electrons. The number of hydrogen-bond donors (Lipinski definition) is 0. The van der Waals surface area contributed by atoms with E-state index in [2.05, 4.69) is 32.3 Å². The summed E-state index contributed by atoms with van der Waals surface area (Å²) >= 11 is 7.17. The SMILES string of the molecule is O=[N+]([O-])c1cc(OC(F)(F)Cl)c(Br)cc1F. The van der Waals surface area contributed by atoms with E-state index in [0.717, 1.165) is 0 Å². The van der Waals surface area contributed by atoms with Crippen LogP contribution in [0.3, 0.4) is 0 Å². The summed E-state index contributed by atoms with van der Waals surface area (Å²) in [7, 11) is 0. The first-order chi connectivity index (χ1) is 7.20. The highest BCUT2D eigenvalue weighted by Crippen LogP contribution is 2.35. The third-order valence-electron chi connectivity index (χ3n) is 1.42. The number of rotatable bonds is 3. The van der Waals surface area contributed by atoms with Crippen molar-refractivity contribution in [2.75, 3.05) is 0 Å². The molecule has 0 aromatic heterocycles. The standard InChI is InChI=1S/C7H2BrClF3NO3/c8-3-1-4(10)5(13(14)15)2-6(3)16-7(9,11)12/h1-2H. The maximum atomic E-state index is 13.0. The van der Waals surface area contributed by atoms with E-state index in [1.165, 1.54) is 0 Å². The lowest BCUT2D eigenvalue weighted by Gasteiger charge is -2.11. The van der Waals surface area contributed by atoms with Crippen LogP contribution in [-0.2, 0) is 0 Å². The topological polar surface area (TPSA) is 52.4 Å². The molecule has 9 heteroatoms. The summed E-state index contributed by atoms with van der Waals surface area (Å²) in [6.45, 7) is 0. The molecule has 0 aliphatic heterocycles. The summed E-state index contributed by atoms with van der Waals surface area (Å²) in [4.78, 5) is 9.26. The first kappa shape index (κ1) is 13.0. The smallest absolute Gasteiger partial charge is 0.419 e. The lowest BCUT2D eigenvalue weighted by atomic mass is 10.3. The fraction of sp³-hybridized carbons (Fsp3) is 0.143. The highest BCUT2D eigenvalue weighted by molar-refractivity contribution is 9.10. The molecule has 16 heavy (non-hydrogen) atoms. The Labute approximate surface area is 100 Å². The highest BCUT2D eigenvalue weighted by atomic mass is 79.9. The van der Waals surface area contributed by atoms with Crippen LogP contribution in [0.15, 0.2) is 16.6 Å². The Bertz CT molecular complexity index is 438. The molecule has 0 atom stereocenters. The quantitative estimate of drug-likeness (QED) is 0.485. The van der Waals surface area contributed by atoms with Crippen molar-refractivity contribution in [1.82, 2.24) is 0 Å². The largest absolute Gasteiger partial charge is 0.487 e. The summed E-state index contributed by atoms with van der Waals surface area (Å²) in [6, 6.07) is 1.14. The molecule has 0 N–H and O–H groups in total. The predicted octanol–water partition coefficient (Wildman–Crippen LogP) is 3.66. The van der Waals surface area contributed by atoms with Crippen molar-refractivity contribution < 1.29 is 22.8 Å². The van der Waals surface area contributed by atoms with Crippen molar-refractivity contribution in [1.29, 1.82) is 0 Å². The van der Waals surface area contributed by atoms with Crippen molar-refractivity contribution in [2.24, 2.45) is 0 Å². The Morgan fingerprint density at radius 2 is 2.06 bits per heavy atom. The maximum Gasteiger partial charge on any atom is 0.487 e. The van der Waals surface area contributed by atoms with E-state index in [1.54, 1.807) is 0 Å². The highest BCUT2D eigenvalue weighted by Gasteiger charge is 2.30. The zero-order valence-electron chi connectivity index (χ0n) is 7.22. The second kappa shape index (κ2) is 4.46. The lowest BCUT2D eigenvalue weighted by Crippen LogP contribution is -2.16. The van der Waals surface area contributed by atoms with Gasteiger partial charge in [-0.25, -0.2) is 0 Å². The van der Waals surface area contributed by atoms with Crippen molar-refractivity contribution in [3.63, 3.8) is 0 Å². The monoisotopic (exact) mass is 319 g/mol. The molecule has 0 aliphatic rings. The van der Waals surface area contributed by atoms with Crippen LogP contribution in [0.1, 0.15) is 0 Å². The summed E-state index contributed by atoms with van der Waals surface area (Å²) < 4.78 is 41.2. The molecule has 0 spiro atoms. The van der Waals surface area contributed by atoms with Gasteiger partial charge in [-0.2, -0.15) is 4.39 Å². The van der Waals surface area contributed by atoms with Gasteiger partial charge in [-0.1, -0.05) is 0 Å². The molecule has 1 rings (SSSR count). The fourth-order valence-corrected chi connectivity index (χ4v) is 1.34. The minimum Gasteiger partial charge on any atom is -0.419 e. The average molecular weight is 320 g/mol. The van der Waals surface area contributed by atoms with Gasteiger partial charge in [-0.3, -0.25) is 10.1 Å². The molecule has 0 saturated carbocycles. The van der Waals surface area contributed by atoms with Crippen molar-refractivity contribution in [3.05, 3.63) is 32.5 Å². The van der Waals surface area contributed by atoms with Crippen molar-refractivity contribution in [3.8, 4) is 5.75 Å². The number of alkyl halides is 3. The Hall–Kier alpha value is -1.02. The molecule has 0 unspecified atom stereocenters. The summed E-state index contributed by atoms with van der Waals surface area (Å²) in [5, 5.41) is 10.3. The molecule has 0 heterocycles. The van der Waals surface area contributed by atoms with Crippen LogP contribution in [0.2, 0.25) is 0 Å². The lowest BCUT2D eigenvalue weighted by molar-refractivity contribution is -0.387. The van der Waals surface area contributed by atoms with Gasteiger partial charge >= 0.3 is 11.3 Å². The normalized spacial score (nSPS) is 11.3. The molecule has 0 radical (unpaired) electrons. The number of nitro benzene ring substituents is 1. The minimum absolute atomic E-state index is 0.212. The predicted molar refractivity (Wildman–Crippen MR) is 52.2 cm³/mol. The van der Waals surface area contributed by atoms with Gasteiger partial charge in [0.2, 0.25) is 5.82 Å². The maximum absolute atomic E-state index is 13.0. The fourth-order valence-electron chi connectivity index (χ4n) is 0.861. The number of benzene rings is 1. The van der Waals surface area contributed by atoms with Crippen molar-refractivity contribution in [2.45, 2.75) is 5.57 Å². The van der Waals surface area contributed by atoms with Gasteiger partial charge in [0.15, 0.2) is 0 Å². The van der Waals surface area contributed by atoms with E-state index in [0.29, 0.717) is 12.1 Å². The molecule has 0 fully saturated rings. The van der Waals surface area contributed by atoms with Crippen LogP contribution in [0.25, 0.3) is 0 Å². The minimum atomic E-state index is -4.03. The number of hydrogen-bond acceptors (Lipinski definition) is 3. The van der Waals surface area contributed by atoms with Gasteiger partial charge in [0.25, 0.3) is 0 Å². The van der Waals surface area contributed by atoms with E-state index in [-0.39, 0.29) is 4.47 Å². The van der Waals surface area contributed by atoms with Gasteiger partial charge < -0.3 is 4.74 Å². The Morgan fingerprint density at radius 3 is 2.50 bits per heavy atom. The third kappa shape index (κ3) is 3.24. The zero-order valence-corrected chi connectivity index (χ0v) is 9.56. The van der Waals surface area contributed by atoms with Gasteiger partial charge in [-0.15, -0.1) is 8.78 Å². The number of nitro groups is 1. The Balaban J connectivity index is 3.20. The Kier molecular flexibility index (Phi) is 3.64. The second-order valence-corrected chi connectivity index (χ2v) is 3.83. The van der Waals surface area contributed by atoms with Crippen molar-refractivity contribution >= 4 is 33.2 Å². The first-order valence-corrected chi connectivity index (χ1v) is 4.77. The number of halogens is 5. The van der Waals surface area contributed by atoms with Gasteiger partial charge in [0.05, 0.1) is 15.5 Å². The van der Waals surface area contributed by atoms with Crippen LogP contribution < -0.4 is 4.74 Å². The van der Waals surface area contributed by atoms with Gasteiger partial charge in [0, 0.05) is 11.6 Å². The van der Waals surface area contributed by atoms with Crippen LogP contribution in [0.4, 0.5) is 18.9 Å². The van der Waals surface area contributed by atoms with E-state index in [9.17, 15) is 23.3 Å². The van der Waals surface area contributed by atoms with Crippen LogP contribution >= 0.6 is 27.5 Å². The first-order valence-electron chi connectivity index (χ1n) is 3.60. The molecule has 1 aromatic carbocycles. The summed E-state index contributed by atoms with van der Waals surface area (Å²) in [6.07, 6.45) is 0. The van der Waals surface area contributed by atoms with E-state index >= 15 is 0 Å². The molecule has 1 aromatic rings. The van der Waals surface area contributed by atoms with Gasteiger partial charge in [-0.05, 0) is 22.0 Å². The molecular weight excluding hydrogens is 318 g/mol. The second-order valence-electron chi connectivity index (χ2n) is 2.54.